The molecule has 0 saturated carbocycles. The first-order valence-corrected chi connectivity index (χ1v) is 10.7. The van der Waals surface area contributed by atoms with Crippen molar-refractivity contribution in [2.75, 3.05) is 0 Å². The molecular formula is C21H19N3O5S. The van der Waals surface area contributed by atoms with E-state index in [0.717, 1.165) is 16.5 Å². The molecule has 0 bridgehead atoms. The number of sulfonamides is 1. The molecule has 2 heterocycles. The lowest BCUT2D eigenvalue weighted by atomic mass is 10.1. The molecule has 4 rings (SSSR count). The van der Waals surface area contributed by atoms with E-state index in [-0.39, 0.29) is 4.90 Å². The molecule has 0 aliphatic heterocycles. The van der Waals surface area contributed by atoms with Gasteiger partial charge >= 0.3 is 5.97 Å². The standard InChI is InChI=1S/C21H19N3O5S/c1-12(2)20(21(25)26)24-30(27,28)15-4-6-18-17(8-15)16-5-3-13(7-19(16)29-18)14-9-22-11-23-10-14/h3-12,20,24H,1-2H3,(H,25,26)/t20-/m1/s1. The molecule has 2 aromatic carbocycles. The smallest absolute Gasteiger partial charge is 0.322 e. The van der Waals surface area contributed by atoms with Gasteiger partial charge in [-0.2, -0.15) is 4.72 Å². The van der Waals surface area contributed by atoms with Crippen molar-refractivity contribution in [1.82, 2.24) is 14.7 Å². The number of rotatable bonds is 6. The zero-order valence-electron chi connectivity index (χ0n) is 16.2. The summed E-state index contributed by atoms with van der Waals surface area (Å²) in [6, 6.07) is 8.82. The fourth-order valence-electron chi connectivity index (χ4n) is 3.26. The van der Waals surface area contributed by atoms with Crippen molar-refractivity contribution in [3.8, 4) is 11.1 Å². The summed E-state index contributed by atoms with van der Waals surface area (Å²) in [7, 11) is -4.03. The summed E-state index contributed by atoms with van der Waals surface area (Å²) in [4.78, 5) is 19.4. The highest BCUT2D eigenvalue weighted by molar-refractivity contribution is 7.89. The molecule has 0 amide bonds. The van der Waals surface area contributed by atoms with Crippen LogP contribution in [0.25, 0.3) is 33.1 Å². The van der Waals surface area contributed by atoms with Crippen molar-refractivity contribution >= 4 is 37.9 Å². The Morgan fingerprint density at radius 3 is 2.40 bits per heavy atom. The van der Waals surface area contributed by atoms with Crippen LogP contribution in [0.5, 0.6) is 0 Å². The van der Waals surface area contributed by atoms with Crippen LogP contribution in [0.15, 0.2) is 64.4 Å². The number of furan rings is 1. The summed E-state index contributed by atoms with van der Waals surface area (Å²) >= 11 is 0. The first-order valence-electron chi connectivity index (χ1n) is 9.23. The zero-order valence-corrected chi connectivity index (χ0v) is 17.1. The van der Waals surface area contributed by atoms with Gasteiger partial charge < -0.3 is 9.52 Å². The van der Waals surface area contributed by atoms with Crippen LogP contribution in [-0.2, 0) is 14.8 Å². The summed E-state index contributed by atoms with van der Waals surface area (Å²) < 4.78 is 33.7. The number of nitrogens with one attached hydrogen (secondary N) is 1. The van der Waals surface area contributed by atoms with E-state index in [4.69, 9.17) is 4.42 Å². The van der Waals surface area contributed by atoms with Gasteiger partial charge in [0, 0.05) is 28.7 Å². The molecule has 0 fully saturated rings. The Labute approximate surface area is 172 Å². The lowest BCUT2D eigenvalue weighted by Gasteiger charge is -2.17. The molecule has 1 atom stereocenters. The number of carbonyl (C=O) groups is 1. The van der Waals surface area contributed by atoms with E-state index in [0.29, 0.717) is 16.6 Å². The molecule has 0 aliphatic carbocycles. The van der Waals surface area contributed by atoms with Crippen LogP contribution in [0.2, 0.25) is 0 Å². The van der Waals surface area contributed by atoms with Crippen LogP contribution < -0.4 is 4.72 Å². The van der Waals surface area contributed by atoms with Crippen LogP contribution in [-0.4, -0.2) is 35.5 Å². The number of carboxylic acids is 1. The lowest BCUT2D eigenvalue weighted by molar-refractivity contribution is -0.140. The molecule has 0 unspecified atom stereocenters. The Balaban J connectivity index is 1.77. The minimum absolute atomic E-state index is 0.0230. The topological polar surface area (TPSA) is 122 Å². The Hall–Kier alpha value is -3.30. The number of fused-ring (bicyclic) bond motifs is 3. The quantitative estimate of drug-likeness (QED) is 0.485. The maximum atomic E-state index is 12.8. The zero-order chi connectivity index (χ0) is 21.5. The number of nitrogens with zero attached hydrogens (tertiary/aromatic N) is 2. The fourth-order valence-corrected chi connectivity index (χ4v) is 4.62. The van der Waals surface area contributed by atoms with Crippen molar-refractivity contribution in [2.45, 2.75) is 24.8 Å². The maximum absolute atomic E-state index is 12.8. The number of hydrogen-bond acceptors (Lipinski definition) is 6. The predicted octanol–water partition coefficient (Wildman–Crippen LogP) is 3.43. The van der Waals surface area contributed by atoms with E-state index in [1.165, 1.54) is 18.5 Å². The van der Waals surface area contributed by atoms with Gasteiger partial charge in [-0.25, -0.2) is 18.4 Å². The first kappa shape index (κ1) is 20.0. The van der Waals surface area contributed by atoms with Crippen molar-refractivity contribution in [2.24, 2.45) is 5.92 Å². The van der Waals surface area contributed by atoms with Crippen molar-refractivity contribution in [1.29, 1.82) is 0 Å². The molecule has 0 radical (unpaired) electrons. The highest BCUT2D eigenvalue weighted by atomic mass is 32.2. The van der Waals surface area contributed by atoms with E-state index in [9.17, 15) is 18.3 Å². The molecular weight excluding hydrogens is 406 g/mol. The van der Waals surface area contributed by atoms with Crippen LogP contribution in [0.1, 0.15) is 13.8 Å². The molecule has 9 heteroatoms. The molecule has 0 aliphatic rings. The average Bonchev–Trinajstić information content (AvgIpc) is 3.09. The second-order valence-corrected chi connectivity index (χ2v) is 8.99. The van der Waals surface area contributed by atoms with Gasteiger partial charge in [-0.05, 0) is 41.8 Å². The van der Waals surface area contributed by atoms with Gasteiger partial charge in [0.15, 0.2) is 0 Å². The molecule has 30 heavy (non-hydrogen) atoms. The number of hydrogen-bond donors (Lipinski definition) is 2. The van der Waals surface area contributed by atoms with Gasteiger partial charge in [0.2, 0.25) is 10.0 Å². The van der Waals surface area contributed by atoms with Gasteiger partial charge in [-0.15, -0.1) is 0 Å². The molecule has 154 valence electrons. The van der Waals surface area contributed by atoms with Gasteiger partial charge in [0.05, 0.1) is 4.90 Å². The largest absolute Gasteiger partial charge is 0.480 e. The molecule has 2 aromatic heterocycles. The van der Waals surface area contributed by atoms with Gasteiger partial charge in [-0.3, -0.25) is 4.79 Å². The van der Waals surface area contributed by atoms with Crippen molar-refractivity contribution < 1.29 is 22.7 Å². The third-order valence-electron chi connectivity index (χ3n) is 4.86. The van der Waals surface area contributed by atoms with Gasteiger partial charge in [0.25, 0.3) is 0 Å². The van der Waals surface area contributed by atoms with E-state index >= 15 is 0 Å². The number of benzene rings is 2. The fraction of sp³-hybridized carbons (Fsp3) is 0.190. The van der Waals surface area contributed by atoms with Crippen LogP contribution in [0.4, 0.5) is 0 Å². The first-order chi connectivity index (χ1) is 14.3. The van der Waals surface area contributed by atoms with E-state index in [1.807, 2.05) is 18.2 Å². The second-order valence-electron chi connectivity index (χ2n) is 7.28. The summed E-state index contributed by atoms with van der Waals surface area (Å²) in [5.41, 5.74) is 2.84. The molecule has 8 nitrogen and oxygen atoms in total. The molecule has 2 N–H and O–H groups in total. The summed E-state index contributed by atoms with van der Waals surface area (Å²) in [6.07, 6.45) is 4.84. The second kappa shape index (κ2) is 7.51. The molecule has 0 saturated heterocycles. The Kier molecular flexibility index (Phi) is 5.00. The Morgan fingerprint density at radius 2 is 1.73 bits per heavy atom. The highest BCUT2D eigenvalue weighted by Gasteiger charge is 2.28. The minimum atomic E-state index is -4.03. The summed E-state index contributed by atoms with van der Waals surface area (Å²) in [5.74, 6) is -1.63. The number of carboxylic acid groups (broad SMARTS) is 1. The minimum Gasteiger partial charge on any atom is -0.480 e. The SMILES string of the molecule is CC(C)[C@@H](NS(=O)(=O)c1ccc2oc3cc(-c4cncnc4)ccc3c2c1)C(=O)O. The number of aliphatic carboxylic acids is 1. The lowest BCUT2D eigenvalue weighted by Crippen LogP contribution is -2.44. The van der Waals surface area contributed by atoms with Gasteiger partial charge in [-0.1, -0.05) is 19.9 Å². The summed E-state index contributed by atoms with van der Waals surface area (Å²) in [5, 5.41) is 10.7. The van der Waals surface area contributed by atoms with Crippen molar-refractivity contribution in [3.63, 3.8) is 0 Å². The summed E-state index contributed by atoms with van der Waals surface area (Å²) in [6.45, 7) is 3.28. The normalized spacial score (nSPS) is 13.2. The van der Waals surface area contributed by atoms with E-state index in [1.54, 1.807) is 32.3 Å². The van der Waals surface area contributed by atoms with Gasteiger partial charge in [0.1, 0.15) is 23.5 Å². The third-order valence-corrected chi connectivity index (χ3v) is 6.30. The third kappa shape index (κ3) is 3.64. The Morgan fingerprint density at radius 1 is 1.00 bits per heavy atom. The maximum Gasteiger partial charge on any atom is 0.322 e. The monoisotopic (exact) mass is 425 g/mol. The Bertz CT molecular complexity index is 1350. The average molecular weight is 425 g/mol. The molecule has 4 aromatic rings. The van der Waals surface area contributed by atoms with Crippen LogP contribution >= 0.6 is 0 Å². The van der Waals surface area contributed by atoms with E-state index in [2.05, 4.69) is 14.7 Å². The van der Waals surface area contributed by atoms with Crippen molar-refractivity contribution in [3.05, 3.63) is 55.1 Å². The predicted molar refractivity (Wildman–Crippen MR) is 111 cm³/mol. The van der Waals surface area contributed by atoms with Crippen LogP contribution in [0, 0.1) is 5.92 Å². The number of aromatic nitrogens is 2. The van der Waals surface area contributed by atoms with E-state index < -0.39 is 28.0 Å². The molecule has 0 spiro atoms. The van der Waals surface area contributed by atoms with Crippen LogP contribution in [0.3, 0.4) is 0 Å². The highest BCUT2D eigenvalue weighted by Crippen LogP contribution is 2.33.